The number of halogens is 2. The highest BCUT2D eigenvalue weighted by molar-refractivity contribution is 6.35. The Morgan fingerprint density at radius 2 is 1.80 bits per heavy atom. The molecule has 4 aliphatic rings. The molecule has 4 fully saturated rings. The van der Waals surface area contributed by atoms with Crippen molar-refractivity contribution in [1.29, 1.82) is 0 Å². The van der Waals surface area contributed by atoms with Crippen LogP contribution in [0.4, 0.5) is 10.2 Å². The van der Waals surface area contributed by atoms with Crippen molar-refractivity contribution in [1.82, 2.24) is 20.2 Å². The maximum atomic E-state index is 16.9. The molecular formula is C35H39ClFN5O3. The molecule has 4 unspecified atom stereocenters. The van der Waals surface area contributed by atoms with Crippen LogP contribution in [-0.4, -0.2) is 83.6 Å². The number of hydrogen-bond acceptors (Lipinski definition) is 8. The number of aromatic nitrogens is 2. The van der Waals surface area contributed by atoms with Gasteiger partial charge in [-0.05, 0) is 66.6 Å². The Morgan fingerprint density at radius 1 is 1.04 bits per heavy atom. The van der Waals surface area contributed by atoms with E-state index in [1.807, 2.05) is 24.3 Å². The van der Waals surface area contributed by atoms with E-state index in [4.69, 9.17) is 31.0 Å². The first-order chi connectivity index (χ1) is 21.9. The van der Waals surface area contributed by atoms with Gasteiger partial charge in [0.1, 0.15) is 17.1 Å². The third kappa shape index (κ3) is 5.37. The first kappa shape index (κ1) is 29.2. The normalized spacial score (nSPS) is 25.4. The van der Waals surface area contributed by atoms with Gasteiger partial charge in [0.25, 0.3) is 0 Å². The summed E-state index contributed by atoms with van der Waals surface area (Å²) in [6.45, 7) is 6.73. The molecule has 45 heavy (non-hydrogen) atoms. The molecule has 8 nitrogen and oxygen atoms in total. The lowest BCUT2D eigenvalue weighted by atomic mass is 9.96. The molecule has 0 spiro atoms. The number of rotatable bonds is 8. The molecule has 5 atom stereocenters. The highest BCUT2D eigenvalue weighted by atomic mass is 35.5. The first-order valence-electron chi connectivity index (χ1n) is 16.3. The van der Waals surface area contributed by atoms with Crippen molar-refractivity contribution in [2.45, 2.75) is 63.2 Å². The van der Waals surface area contributed by atoms with E-state index in [-0.39, 0.29) is 33.8 Å². The Bertz CT molecular complexity index is 1730. The van der Waals surface area contributed by atoms with Crippen LogP contribution in [0, 0.1) is 11.7 Å². The van der Waals surface area contributed by atoms with Gasteiger partial charge in [-0.15, -0.1) is 0 Å². The monoisotopic (exact) mass is 631 g/mol. The molecule has 0 amide bonds. The molecular weight excluding hydrogens is 593 g/mol. The minimum absolute atomic E-state index is 0.0438. The first-order valence-corrected chi connectivity index (χ1v) is 16.7. The Morgan fingerprint density at radius 3 is 2.56 bits per heavy atom. The predicted molar refractivity (Wildman–Crippen MR) is 175 cm³/mol. The van der Waals surface area contributed by atoms with Crippen molar-refractivity contribution in [3.63, 3.8) is 0 Å². The van der Waals surface area contributed by atoms with E-state index in [9.17, 15) is 5.11 Å². The number of phenolic OH excluding ortho intramolecular Hbond substituents is 1. The maximum absolute atomic E-state index is 16.9. The number of nitrogens with zero attached hydrogens (tertiary/aromatic N) is 4. The summed E-state index contributed by atoms with van der Waals surface area (Å²) in [5, 5.41) is 16.6. The summed E-state index contributed by atoms with van der Waals surface area (Å²) in [4.78, 5) is 14.5. The van der Waals surface area contributed by atoms with Gasteiger partial charge in [-0.1, -0.05) is 42.8 Å². The van der Waals surface area contributed by atoms with E-state index >= 15 is 4.39 Å². The number of ether oxygens (including phenoxy) is 2. The van der Waals surface area contributed by atoms with Gasteiger partial charge in [0, 0.05) is 60.7 Å². The molecule has 8 rings (SSSR count). The van der Waals surface area contributed by atoms with Crippen molar-refractivity contribution < 1.29 is 19.0 Å². The molecule has 4 bridgehead atoms. The van der Waals surface area contributed by atoms with Crippen LogP contribution >= 0.6 is 11.6 Å². The molecule has 0 saturated carbocycles. The number of fused-ring (bicyclic) bond motifs is 6. The number of hydrogen-bond donors (Lipinski definition) is 2. The molecule has 1 aromatic heterocycles. The summed E-state index contributed by atoms with van der Waals surface area (Å²) in [6, 6.07) is 14.5. The second-order valence-electron chi connectivity index (χ2n) is 13.2. The summed E-state index contributed by atoms with van der Waals surface area (Å²) >= 11 is 6.91. The lowest BCUT2D eigenvalue weighted by Crippen LogP contribution is -2.51. The average molecular weight is 632 g/mol. The van der Waals surface area contributed by atoms with Crippen LogP contribution in [0.3, 0.4) is 0 Å². The largest absolute Gasteiger partial charge is 0.508 e. The zero-order chi connectivity index (χ0) is 30.7. The zero-order valence-corrected chi connectivity index (χ0v) is 26.3. The van der Waals surface area contributed by atoms with Crippen molar-refractivity contribution >= 4 is 39.1 Å². The Hall–Kier alpha value is -3.24. The van der Waals surface area contributed by atoms with Gasteiger partial charge in [0.2, 0.25) is 0 Å². The highest BCUT2D eigenvalue weighted by Crippen LogP contribution is 2.43. The number of nitrogens with one attached hydrogen (secondary N) is 1. The van der Waals surface area contributed by atoms with Crippen molar-refractivity contribution in [3.8, 4) is 22.9 Å². The van der Waals surface area contributed by atoms with Crippen LogP contribution in [0.5, 0.6) is 11.8 Å². The van der Waals surface area contributed by atoms with Gasteiger partial charge >= 0.3 is 6.01 Å². The van der Waals surface area contributed by atoms with E-state index in [1.165, 1.54) is 12.8 Å². The standard InChI is InChI=1S/C35H39ClFN5O3/c1-2-20(14-42-24-9-10-25(42)19-44-18-24)17-45-35-39-33-29(34(40-35)41-15-22-7-8-23(16-41)38-22)13-30(36)31(32(33)37)28-12-26(43)11-21-5-3-4-6-27(21)28/h3-6,11-13,20,22-25,38,43H,2,7-10,14-19H2,1H3/t20-,22?,23?,24?,25?/m0/s1. The summed E-state index contributed by atoms with van der Waals surface area (Å²) < 4.78 is 29.0. The van der Waals surface area contributed by atoms with E-state index in [2.05, 4.69) is 22.0 Å². The van der Waals surface area contributed by atoms with Crippen LogP contribution in [0.15, 0.2) is 42.5 Å². The van der Waals surface area contributed by atoms with E-state index in [0.717, 1.165) is 62.9 Å². The van der Waals surface area contributed by atoms with Crippen molar-refractivity contribution in [2.75, 3.05) is 44.4 Å². The van der Waals surface area contributed by atoms with E-state index in [1.54, 1.807) is 18.2 Å². The fourth-order valence-corrected chi connectivity index (χ4v) is 8.28. The number of morpholine rings is 1. The lowest BCUT2D eigenvalue weighted by molar-refractivity contribution is -0.0246. The fourth-order valence-electron chi connectivity index (χ4n) is 7.99. The van der Waals surface area contributed by atoms with Gasteiger partial charge in [-0.3, -0.25) is 4.90 Å². The molecule has 0 aliphatic carbocycles. The Kier molecular flexibility index (Phi) is 7.68. The van der Waals surface area contributed by atoms with Crippen molar-refractivity contribution in [2.24, 2.45) is 5.92 Å². The smallest absolute Gasteiger partial charge is 0.319 e. The fraction of sp³-hybridized carbons (Fsp3) is 0.486. The number of aromatic hydroxyl groups is 1. The zero-order valence-electron chi connectivity index (χ0n) is 25.5. The Labute approximate surface area is 267 Å². The number of anilines is 1. The summed E-state index contributed by atoms with van der Waals surface area (Å²) in [7, 11) is 0. The van der Waals surface area contributed by atoms with Crippen molar-refractivity contribution in [3.05, 3.63) is 53.3 Å². The number of piperazine rings is 1. The molecule has 4 saturated heterocycles. The van der Waals surface area contributed by atoms with E-state index in [0.29, 0.717) is 47.5 Å². The lowest BCUT2D eigenvalue weighted by Gasteiger charge is -2.36. The maximum Gasteiger partial charge on any atom is 0.319 e. The highest BCUT2D eigenvalue weighted by Gasteiger charge is 2.38. The topological polar surface area (TPSA) is 83.0 Å². The van der Waals surface area contributed by atoms with Gasteiger partial charge in [-0.2, -0.15) is 9.97 Å². The quantitative estimate of drug-likeness (QED) is 0.239. The average Bonchev–Trinajstić information content (AvgIpc) is 3.48. The van der Waals surface area contributed by atoms with Crippen LogP contribution in [0.2, 0.25) is 5.02 Å². The summed E-state index contributed by atoms with van der Waals surface area (Å²) in [6.07, 6.45) is 5.55. The molecule has 4 aromatic rings. The predicted octanol–water partition coefficient (Wildman–Crippen LogP) is 6.16. The van der Waals surface area contributed by atoms with Gasteiger partial charge < -0.3 is 24.8 Å². The second-order valence-corrected chi connectivity index (χ2v) is 13.6. The second kappa shape index (κ2) is 11.8. The molecule has 3 aromatic carbocycles. The molecule has 10 heteroatoms. The molecule has 2 N–H and O–H groups in total. The van der Waals surface area contributed by atoms with Crippen LogP contribution in [-0.2, 0) is 4.74 Å². The third-order valence-electron chi connectivity index (χ3n) is 10.4. The van der Waals surface area contributed by atoms with Crippen LogP contribution in [0.1, 0.15) is 39.0 Å². The van der Waals surface area contributed by atoms with Gasteiger partial charge in [0.15, 0.2) is 5.82 Å². The minimum Gasteiger partial charge on any atom is -0.508 e. The Balaban J connectivity index is 1.19. The van der Waals surface area contributed by atoms with E-state index < -0.39 is 5.82 Å². The summed E-state index contributed by atoms with van der Waals surface area (Å²) in [5.41, 5.74) is 0.900. The molecule has 4 aliphatic heterocycles. The molecule has 0 radical (unpaired) electrons. The molecule has 5 heterocycles. The summed E-state index contributed by atoms with van der Waals surface area (Å²) in [5.74, 6) is 0.438. The number of benzene rings is 3. The van der Waals surface area contributed by atoms with Gasteiger partial charge in [-0.25, -0.2) is 4.39 Å². The van der Waals surface area contributed by atoms with Crippen LogP contribution < -0.4 is 15.0 Å². The number of phenols is 1. The van der Waals surface area contributed by atoms with Crippen LogP contribution in [0.25, 0.3) is 32.8 Å². The minimum atomic E-state index is -0.545. The third-order valence-corrected chi connectivity index (χ3v) is 10.7. The SMILES string of the molecule is CC[C@H](COc1nc(N2CC3CCC(C2)N3)c2cc(Cl)c(-c3cc(O)cc4ccccc34)c(F)c2n1)CN1C2CCC1COC2. The molecule has 236 valence electrons. The van der Waals surface area contributed by atoms with Gasteiger partial charge in [0.05, 0.1) is 24.8 Å².